The van der Waals surface area contributed by atoms with E-state index in [0.29, 0.717) is 27.8 Å². The largest absolute Gasteiger partial charge is 0.493 e. The number of ether oxygens (including phenoxy) is 5. The van der Waals surface area contributed by atoms with Gasteiger partial charge < -0.3 is 29.4 Å². The van der Waals surface area contributed by atoms with Crippen molar-refractivity contribution in [2.24, 2.45) is 5.73 Å². The third-order valence-electron chi connectivity index (χ3n) is 6.05. The minimum Gasteiger partial charge on any atom is -0.493 e. The molecule has 3 aromatic rings. The smallest absolute Gasteiger partial charge is 0.338 e. The Bertz CT molecular complexity index is 1500. The van der Waals surface area contributed by atoms with Gasteiger partial charge in [0.25, 0.3) is 0 Å². The second kappa shape index (κ2) is 12.0. The molecule has 0 unspecified atom stereocenters. The van der Waals surface area contributed by atoms with Crippen molar-refractivity contribution >= 4 is 28.8 Å². The lowest BCUT2D eigenvalue weighted by molar-refractivity contribution is -0.139. The van der Waals surface area contributed by atoms with Crippen LogP contribution in [0.2, 0.25) is 0 Å². The fourth-order valence-electron chi connectivity index (χ4n) is 4.30. The van der Waals surface area contributed by atoms with Crippen molar-refractivity contribution in [1.82, 2.24) is 9.97 Å². The number of nitrogens with two attached hydrogens (primary N) is 1. The summed E-state index contributed by atoms with van der Waals surface area (Å²) in [5, 5.41) is 10.7. The van der Waals surface area contributed by atoms with E-state index in [1.54, 1.807) is 19.1 Å². The second-order valence-corrected chi connectivity index (χ2v) is 9.30. The lowest BCUT2D eigenvalue weighted by Gasteiger charge is -2.28. The molecule has 0 bridgehead atoms. The molecule has 10 nitrogen and oxygen atoms in total. The van der Waals surface area contributed by atoms with Crippen LogP contribution in [0.4, 0.5) is 0 Å². The zero-order valence-corrected chi connectivity index (χ0v) is 23.0. The first-order valence-electron chi connectivity index (χ1n) is 12.0. The van der Waals surface area contributed by atoms with E-state index in [9.17, 15) is 10.1 Å². The van der Waals surface area contributed by atoms with E-state index >= 15 is 0 Å². The average molecular weight is 549 g/mol. The standard InChI is InChI=1S/C28H28N4O6S/c1-6-37-28(33)24-22(14-39-27-15(2)31-18-9-7-8-10-19(18)32-27)38-26(30)17(13-29)23(24)16-11-20(34-3)25(36-5)21(12-16)35-4/h7-12,23H,6,14,30H2,1-5H3/t23-/m0/s1. The third-order valence-corrected chi connectivity index (χ3v) is 7.12. The van der Waals surface area contributed by atoms with Crippen LogP contribution in [0.5, 0.6) is 17.2 Å². The van der Waals surface area contributed by atoms with E-state index < -0.39 is 11.9 Å². The van der Waals surface area contributed by atoms with Crippen LogP contribution in [0.3, 0.4) is 0 Å². The molecule has 0 amide bonds. The van der Waals surface area contributed by atoms with E-state index in [2.05, 4.69) is 11.1 Å². The number of para-hydroxylation sites is 2. The Morgan fingerprint density at radius 2 is 1.74 bits per heavy atom. The molecule has 1 aliphatic rings. The number of thioether (sulfide) groups is 1. The van der Waals surface area contributed by atoms with Gasteiger partial charge in [-0.3, -0.25) is 0 Å². The summed E-state index contributed by atoms with van der Waals surface area (Å²) in [5.74, 6) is -0.129. The van der Waals surface area contributed by atoms with Gasteiger partial charge in [0, 0.05) is 0 Å². The molecular weight excluding hydrogens is 520 g/mol. The van der Waals surface area contributed by atoms with Crippen LogP contribution < -0.4 is 19.9 Å². The van der Waals surface area contributed by atoms with Gasteiger partial charge in [-0.25, -0.2) is 14.8 Å². The van der Waals surface area contributed by atoms with Gasteiger partial charge in [-0.05, 0) is 43.7 Å². The summed E-state index contributed by atoms with van der Waals surface area (Å²) in [7, 11) is 4.46. The number of nitriles is 1. The Balaban J connectivity index is 1.84. The normalized spacial score (nSPS) is 15.0. The van der Waals surface area contributed by atoms with Crippen LogP contribution in [0, 0.1) is 18.3 Å². The fourth-order valence-corrected chi connectivity index (χ4v) is 5.20. The molecule has 202 valence electrons. The number of hydrogen-bond acceptors (Lipinski definition) is 11. The SMILES string of the molecule is CCOC(=O)C1=C(CSc2nc3ccccc3nc2C)OC(N)=C(C#N)[C@@H]1c1cc(OC)c(OC)c(OC)c1. The minimum atomic E-state index is -0.907. The molecular formula is C28H28N4O6S. The van der Waals surface area contributed by atoms with Crippen LogP contribution in [-0.4, -0.2) is 49.6 Å². The summed E-state index contributed by atoms with van der Waals surface area (Å²) in [4.78, 5) is 22.7. The zero-order chi connectivity index (χ0) is 28.1. The Morgan fingerprint density at radius 1 is 1.10 bits per heavy atom. The predicted octanol–water partition coefficient (Wildman–Crippen LogP) is 4.38. The van der Waals surface area contributed by atoms with E-state index in [1.807, 2.05) is 31.2 Å². The summed E-state index contributed by atoms with van der Waals surface area (Å²) in [6.45, 7) is 3.69. The van der Waals surface area contributed by atoms with Gasteiger partial charge in [0.2, 0.25) is 11.6 Å². The number of esters is 1. The Morgan fingerprint density at radius 3 is 2.31 bits per heavy atom. The summed E-state index contributed by atoms with van der Waals surface area (Å²) in [6.07, 6.45) is 0. The Kier molecular flexibility index (Phi) is 8.46. The molecule has 39 heavy (non-hydrogen) atoms. The molecule has 0 radical (unpaired) electrons. The number of carbonyl (C=O) groups is 1. The van der Waals surface area contributed by atoms with Crippen molar-refractivity contribution in [3.63, 3.8) is 0 Å². The zero-order valence-electron chi connectivity index (χ0n) is 22.2. The van der Waals surface area contributed by atoms with Crippen molar-refractivity contribution in [3.8, 4) is 23.3 Å². The molecule has 1 atom stereocenters. The number of rotatable bonds is 9. The number of fused-ring (bicyclic) bond motifs is 1. The average Bonchev–Trinajstić information content (AvgIpc) is 2.94. The van der Waals surface area contributed by atoms with E-state index in [4.69, 9.17) is 34.4 Å². The van der Waals surface area contributed by atoms with Crippen molar-refractivity contribution < 1.29 is 28.5 Å². The highest BCUT2D eigenvalue weighted by Gasteiger charge is 2.38. The monoisotopic (exact) mass is 548 g/mol. The highest BCUT2D eigenvalue weighted by Crippen LogP contribution is 2.46. The number of carbonyl (C=O) groups excluding carboxylic acids is 1. The second-order valence-electron chi connectivity index (χ2n) is 8.33. The van der Waals surface area contributed by atoms with E-state index in [0.717, 1.165) is 16.7 Å². The van der Waals surface area contributed by atoms with E-state index in [-0.39, 0.29) is 35.1 Å². The lowest BCUT2D eigenvalue weighted by Crippen LogP contribution is -2.27. The summed E-state index contributed by atoms with van der Waals surface area (Å²) in [6, 6.07) is 13.0. The fraction of sp³-hybridized carbons (Fsp3) is 0.286. The molecule has 1 aliphatic heterocycles. The quantitative estimate of drug-likeness (QED) is 0.301. The molecule has 1 aromatic heterocycles. The summed E-state index contributed by atoms with van der Waals surface area (Å²) < 4.78 is 27.8. The predicted molar refractivity (Wildman–Crippen MR) is 145 cm³/mol. The van der Waals surface area contributed by atoms with Gasteiger partial charge in [0.15, 0.2) is 11.5 Å². The van der Waals surface area contributed by atoms with Crippen LogP contribution in [-0.2, 0) is 14.3 Å². The van der Waals surface area contributed by atoms with Crippen molar-refractivity contribution in [2.75, 3.05) is 33.7 Å². The number of allylic oxidation sites excluding steroid dienone is 1. The van der Waals surface area contributed by atoms with E-state index in [1.165, 1.54) is 33.1 Å². The van der Waals surface area contributed by atoms with Gasteiger partial charge in [-0.15, -0.1) is 0 Å². The summed E-state index contributed by atoms with van der Waals surface area (Å²) in [5.41, 5.74) is 9.22. The molecule has 0 saturated carbocycles. The number of hydrogen-bond donors (Lipinski definition) is 1. The maximum atomic E-state index is 13.4. The van der Waals surface area contributed by atoms with Gasteiger partial charge in [0.1, 0.15) is 22.4 Å². The molecule has 0 spiro atoms. The van der Waals surface area contributed by atoms with Crippen molar-refractivity contribution in [3.05, 3.63) is 70.4 Å². The van der Waals surface area contributed by atoms with Gasteiger partial charge in [0.05, 0.1) is 61.9 Å². The van der Waals surface area contributed by atoms with Crippen molar-refractivity contribution in [1.29, 1.82) is 5.26 Å². The maximum absolute atomic E-state index is 13.4. The van der Waals surface area contributed by atoms with Crippen LogP contribution >= 0.6 is 11.8 Å². The summed E-state index contributed by atoms with van der Waals surface area (Å²) >= 11 is 1.34. The molecule has 2 N–H and O–H groups in total. The number of aryl methyl sites for hydroxylation is 1. The van der Waals surface area contributed by atoms with Gasteiger partial charge >= 0.3 is 5.97 Å². The Labute approximate surface area is 230 Å². The third kappa shape index (κ3) is 5.42. The van der Waals surface area contributed by atoms with Crippen LogP contribution in [0.25, 0.3) is 11.0 Å². The highest BCUT2D eigenvalue weighted by molar-refractivity contribution is 7.99. The number of aromatic nitrogens is 2. The maximum Gasteiger partial charge on any atom is 0.338 e. The molecule has 0 aliphatic carbocycles. The Hall–Kier alpha value is -4.43. The first-order valence-corrected chi connectivity index (χ1v) is 13.0. The molecule has 2 aromatic carbocycles. The molecule has 0 fully saturated rings. The number of nitrogens with zero attached hydrogens (tertiary/aromatic N) is 3. The lowest BCUT2D eigenvalue weighted by atomic mass is 9.82. The van der Waals surface area contributed by atoms with Crippen LogP contribution in [0.1, 0.15) is 24.1 Å². The number of methoxy groups -OCH3 is 3. The minimum absolute atomic E-state index is 0.0581. The molecule has 2 heterocycles. The first kappa shape index (κ1) is 27.6. The van der Waals surface area contributed by atoms with Gasteiger partial charge in [-0.2, -0.15) is 5.26 Å². The topological polar surface area (TPSA) is 139 Å². The molecule has 4 rings (SSSR count). The molecule has 0 saturated heterocycles. The highest BCUT2D eigenvalue weighted by atomic mass is 32.2. The van der Waals surface area contributed by atoms with Crippen LogP contribution in [0.15, 0.2) is 64.2 Å². The van der Waals surface area contributed by atoms with Crippen molar-refractivity contribution in [2.45, 2.75) is 24.8 Å². The number of benzene rings is 2. The first-order chi connectivity index (χ1) is 18.9. The molecule has 11 heteroatoms. The van der Waals surface area contributed by atoms with Gasteiger partial charge in [-0.1, -0.05) is 23.9 Å².